The molecule has 0 aromatic heterocycles. The summed E-state index contributed by atoms with van der Waals surface area (Å²) in [4.78, 5) is 27.4. The first kappa shape index (κ1) is 26.5. The average molecular weight is 528 g/mol. The molecule has 3 amide bonds. The number of benzene rings is 1. The van der Waals surface area contributed by atoms with Gasteiger partial charge in [0.15, 0.2) is 0 Å². The number of nitrogens with zero attached hydrogens (tertiary/aromatic N) is 1. The van der Waals surface area contributed by atoms with Gasteiger partial charge in [0.1, 0.15) is 6.10 Å². The summed E-state index contributed by atoms with van der Waals surface area (Å²) in [5.41, 5.74) is 0.473. The first-order valence-electron chi connectivity index (χ1n) is 12.6. The molecule has 3 N–H and O–H groups in total. The third kappa shape index (κ3) is 7.70. The normalized spacial score (nSPS) is 27.9. The van der Waals surface area contributed by atoms with E-state index in [1.165, 1.54) is 32.1 Å². The van der Waals surface area contributed by atoms with E-state index in [1.54, 1.807) is 23.1 Å². The first-order chi connectivity index (χ1) is 16.9. The van der Waals surface area contributed by atoms with Crippen molar-refractivity contribution in [3.8, 4) is 0 Å². The van der Waals surface area contributed by atoms with Gasteiger partial charge in [-0.05, 0) is 49.8 Å². The number of halogens is 2. The minimum absolute atomic E-state index is 0.00800. The molecule has 0 radical (unpaired) electrons. The summed E-state index contributed by atoms with van der Waals surface area (Å²) in [5, 5.41) is 17.1. The van der Waals surface area contributed by atoms with E-state index < -0.39 is 6.10 Å². The summed E-state index contributed by atoms with van der Waals surface area (Å²) in [6, 6.07) is 4.16. The number of nitrogens with one attached hydrogen (secondary N) is 2. The van der Waals surface area contributed by atoms with E-state index in [1.807, 2.05) is 0 Å². The van der Waals surface area contributed by atoms with Gasteiger partial charge in [-0.1, -0.05) is 42.5 Å². The number of hydrogen-bond acceptors (Lipinski definition) is 5. The van der Waals surface area contributed by atoms with Gasteiger partial charge >= 0.3 is 6.03 Å². The number of amides is 3. The maximum Gasteiger partial charge on any atom is 0.322 e. The van der Waals surface area contributed by atoms with Crippen molar-refractivity contribution in [2.75, 3.05) is 31.6 Å². The number of β-amino-alcohol motifs (C(OH)–C–C–N with tert-alkyl or cyclic N) is 1. The third-order valence-electron chi connectivity index (χ3n) is 7.08. The fraction of sp³-hybridized carbons (Fsp3) is 0.680. The predicted molar refractivity (Wildman–Crippen MR) is 135 cm³/mol. The van der Waals surface area contributed by atoms with Crippen LogP contribution in [0.5, 0.6) is 0 Å². The van der Waals surface area contributed by atoms with Gasteiger partial charge in [0, 0.05) is 22.3 Å². The van der Waals surface area contributed by atoms with Crippen molar-refractivity contribution in [2.24, 2.45) is 5.92 Å². The molecule has 0 spiro atoms. The second-order valence-electron chi connectivity index (χ2n) is 9.89. The third-order valence-corrected chi connectivity index (χ3v) is 7.52. The summed E-state index contributed by atoms with van der Waals surface area (Å²) in [6.45, 7) is 1.19. The quantitative estimate of drug-likeness (QED) is 0.532. The van der Waals surface area contributed by atoms with Crippen LogP contribution in [0.2, 0.25) is 10.0 Å². The first-order valence-corrected chi connectivity index (χ1v) is 13.3. The number of carbonyl (C=O) groups excluding carboxylic acids is 2. The fourth-order valence-corrected chi connectivity index (χ4v) is 5.85. The van der Waals surface area contributed by atoms with Gasteiger partial charge in [-0.3, -0.25) is 4.79 Å². The van der Waals surface area contributed by atoms with Crippen LogP contribution >= 0.6 is 23.2 Å². The molecular weight excluding hydrogens is 493 g/mol. The maximum atomic E-state index is 13.2. The zero-order valence-corrected chi connectivity index (χ0v) is 21.4. The van der Waals surface area contributed by atoms with E-state index in [9.17, 15) is 14.7 Å². The number of urea groups is 1. The molecule has 1 saturated carbocycles. The number of ether oxygens (including phenoxy) is 2. The Bertz CT molecular complexity index is 862. The molecule has 35 heavy (non-hydrogen) atoms. The minimum Gasteiger partial charge on any atom is -0.389 e. The maximum absolute atomic E-state index is 13.2. The standard InChI is InChI=1S/C25H35Cl2N3O5/c26-17-8-18(27)10-19(9-17)29-25(33)30-13-20(31)14-34-15-23-22(30)7-6-21(35-23)11-24(32)28-12-16-4-2-1-3-5-16/h8-10,16,20-23,31H,1-7,11-15H2,(H,28,32)(H,29,33)/t20-,21+,22+,23-/m1/s1. The molecule has 8 nitrogen and oxygen atoms in total. The molecule has 3 fully saturated rings. The molecular formula is C25H35Cl2N3O5. The lowest BCUT2D eigenvalue weighted by Gasteiger charge is -2.44. The van der Waals surface area contributed by atoms with Crippen LogP contribution in [0.3, 0.4) is 0 Å². The molecule has 2 aliphatic heterocycles. The van der Waals surface area contributed by atoms with Gasteiger partial charge < -0.3 is 30.1 Å². The van der Waals surface area contributed by atoms with Gasteiger partial charge in [-0.2, -0.15) is 0 Å². The van der Waals surface area contributed by atoms with Gasteiger partial charge in [0.05, 0.1) is 44.4 Å². The van der Waals surface area contributed by atoms with Gasteiger partial charge in [0.25, 0.3) is 0 Å². The number of rotatable bonds is 5. The number of anilines is 1. The van der Waals surface area contributed by atoms with Crippen LogP contribution in [0.25, 0.3) is 0 Å². The van der Waals surface area contributed by atoms with Crippen molar-refractivity contribution in [3.05, 3.63) is 28.2 Å². The van der Waals surface area contributed by atoms with Crippen molar-refractivity contribution in [1.29, 1.82) is 0 Å². The molecule has 0 bridgehead atoms. The Kier molecular flexibility index (Phi) is 9.53. The Morgan fingerprint density at radius 2 is 1.77 bits per heavy atom. The zero-order chi connectivity index (χ0) is 24.8. The van der Waals surface area contributed by atoms with Gasteiger partial charge in [-0.25, -0.2) is 4.79 Å². The Morgan fingerprint density at radius 3 is 2.51 bits per heavy atom. The number of carbonyl (C=O) groups is 2. The minimum atomic E-state index is -0.812. The lowest BCUT2D eigenvalue weighted by molar-refractivity contribution is -0.149. The van der Waals surface area contributed by atoms with Crippen molar-refractivity contribution < 1.29 is 24.2 Å². The van der Waals surface area contributed by atoms with Crippen molar-refractivity contribution >= 4 is 40.8 Å². The second kappa shape index (κ2) is 12.6. The van der Waals surface area contributed by atoms with Crippen LogP contribution in [-0.2, 0) is 14.3 Å². The van der Waals surface area contributed by atoms with E-state index >= 15 is 0 Å². The van der Waals surface area contributed by atoms with E-state index in [4.69, 9.17) is 32.7 Å². The monoisotopic (exact) mass is 527 g/mol. The Morgan fingerprint density at radius 1 is 1.03 bits per heavy atom. The smallest absolute Gasteiger partial charge is 0.322 e. The summed E-state index contributed by atoms with van der Waals surface area (Å²) in [6.07, 6.45) is 6.32. The molecule has 1 aliphatic carbocycles. The Balaban J connectivity index is 1.35. The number of aliphatic hydroxyl groups excluding tert-OH is 1. The summed E-state index contributed by atoms with van der Waals surface area (Å²) in [7, 11) is 0. The molecule has 1 aromatic carbocycles. The number of aliphatic hydroxyl groups is 1. The Labute approximate surface area is 216 Å². The molecule has 4 atom stereocenters. The molecule has 2 heterocycles. The van der Waals surface area contributed by atoms with Gasteiger partial charge in [-0.15, -0.1) is 0 Å². The molecule has 3 aliphatic rings. The highest BCUT2D eigenvalue weighted by Crippen LogP contribution is 2.29. The topological polar surface area (TPSA) is 100 Å². The largest absolute Gasteiger partial charge is 0.389 e. The molecule has 0 unspecified atom stereocenters. The van der Waals surface area contributed by atoms with Crippen LogP contribution in [-0.4, -0.2) is 72.6 Å². The van der Waals surface area contributed by atoms with E-state index in [2.05, 4.69) is 10.6 Å². The van der Waals surface area contributed by atoms with Crippen LogP contribution in [0.1, 0.15) is 51.4 Å². The number of hydrogen-bond donors (Lipinski definition) is 3. The molecule has 194 valence electrons. The highest BCUT2D eigenvalue weighted by atomic mass is 35.5. The highest BCUT2D eigenvalue weighted by molar-refractivity contribution is 6.35. The molecule has 4 rings (SSSR count). The van der Waals surface area contributed by atoms with Crippen LogP contribution in [0.15, 0.2) is 18.2 Å². The van der Waals surface area contributed by atoms with Gasteiger partial charge in [0.2, 0.25) is 5.91 Å². The van der Waals surface area contributed by atoms with E-state index in [0.29, 0.717) is 40.9 Å². The van der Waals surface area contributed by atoms with Crippen LogP contribution in [0.4, 0.5) is 10.5 Å². The van der Waals surface area contributed by atoms with Crippen LogP contribution < -0.4 is 10.6 Å². The van der Waals surface area contributed by atoms with E-state index in [-0.39, 0.29) is 49.9 Å². The summed E-state index contributed by atoms with van der Waals surface area (Å²) >= 11 is 12.1. The highest BCUT2D eigenvalue weighted by Gasteiger charge is 2.40. The van der Waals surface area contributed by atoms with Crippen molar-refractivity contribution in [3.63, 3.8) is 0 Å². The predicted octanol–water partition coefficient (Wildman–Crippen LogP) is 4.22. The number of fused-ring (bicyclic) bond motifs is 1. The SMILES string of the molecule is O=C(C[C@@H]1CC[C@H]2[C@@H](COC[C@H](O)CN2C(=O)Nc2cc(Cl)cc(Cl)c2)O1)NCC1CCCCC1. The molecule has 1 aromatic rings. The van der Waals surface area contributed by atoms with E-state index in [0.717, 1.165) is 6.54 Å². The Hall–Kier alpha value is -1.58. The molecule has 2 saturated heterocycles. The van der Waals surface area contributed by atoms with Crippen molar-refractivity contribution in [2.45, 2.75) is 75.7 Å². The lowest BCUT2D eigenvalue weighted by Crippen LogP contribution is -2.58. The second-order valence-corrected chi connectivity index (χ2v) is 10.8. The van der Waals surface area contributed by atoms with Crippen LogP contribution in [0, 0.1) is 5.92 Å². The molecule has 10 heteroatoms. The fourth-order valence-electron chi connectivity index (χ4n) is 5.32. The zero-order valence-electron chi connectivity index (χ0n) is 19.9. The average Bonchev–Trinajstić information content (AvgIpc) is 2.80. The lowest BCUT2D eigenvalue weighted by atomic mass is 9.89. The summed E-state index contributed by atoms with van der Waals surface area (Å²) in [5.74, 6) is 0.588. The summed E-state index contributed by atoms with van der Waals surface area (Å²) < 4.78 is 11.9. The van der Waals surface area contributed by atoms with Crippen molar-refractivity contribution in [1.82, 2.24) is 10.2 Å².